The molecular formula is C16H11FN2O2. The minimum atomic E-state index is -1.15. The molecule has 0 unspecified atom stereocenters. The van der Waals surface area contributed by atoms with Crippen LogP contribution >= 0.6 is 0 Å². The molecular weight excluding hydrogens is 271 g/mol. The fourth-order valence-corrected chi connectivity index (χ4v) is 2.17. The highest BCUT2D eigenvalue weighted by Crippen LogP contribution is 2.25. The van der Waals surface area contributed by atoms with Crippen molar-refractivity contribution in [3.05, 3.63) is 60.5 Å². The van der Waals surface area contributed by atoms with Crippen molar-refractivity contribution in [2.75, 3.05) is 5.32 Å². The first kappa shape index (κ1) is 13.1. The largest absolute Gasteiger partial charge is 0.465 e. The molecule has 0 atom stereocenters. The molecule has 0 saturated carbocycles. The van der Waals surface area contributed by atoms with Crippen molar-refractivity contribution < 1.29 is 14.3 Å². The zero-order valence-corrected chi connectivity index (χ0v) is 10.9. The van der Waals surface area contributed by atoms with Gasteiger partial charge in [0, 0.05) is 11.6 Å². The van der Waals surface area contributed by atoms with Gasteiger partial charge >= 0.3 is 6.09 Å². The lowest BCUT2D eigenvalue weighted by molar-refractivity contribution is 0.209. The highest BCUT2D eigenvalue weighted by Gasteiger charge is 2.04. The second-order valence-corrected chi connectivity index (χ2v) is 4.57. The molecule has 0 aliphatic carbocycles. The minimum Gasteiger partial charge on any atom is -0.465 e. The molecule has 0 radical (unpaired) electrons. The third-order valence-corrected chi connectivity index (χ3v) is 3.11. The van der Waals surface area contributed by atoms with E-state index in [1.165, 1.54) is 12.1 Å². The summed E-state index contributed by atoms with van der Waals surface area (Å²) >= 11 is 0. The van der Waals surface area contributed by atoms with Crippen LogP contribution in [-0.2, 0) is 0 Å². The first-order chi connectivity index (χ1) is 10.1. The molecule has 1 heterocycles. The van der Waals surface area contributed by atoms with Gasteiger partial charge in [-0.05, 0) is 40.8 Å². The number of amides is 1. The van der Waals surface area contributed by atoms with Crippen molar-refractivity contribution in [1.29, 1.82) is 0 Å². The first-order valence-corrected chi connectivity index (χ1v) is 6.27. The molecule has 0 bridgehead atoms. The van der Waals surface area contributed by atoms with E-state index in [1.54, 1.807) is 18.3 Å². The van der Waals surface area contributed by atoms with Gasteiger partial charge in [0.2, 0.25) is 0 Å². The maximum atomic E-state index is 13.3. The molecule has 5 heteroatoms. The number of nitrogens with zero attached hydrogens (tertiary/aromatic N) is 1. The van der Waals surface area contributed by atoms with Crippen LogP contribution < -0.4 is 5.32 Å². The van der Waals surface area contributed by atoms with E-state index in [2.05, 4.69) is 10.3 Å². The molecule has 2 aromatic carbocycles. The van der Waals surface area contributed by atoms with Crippen LogP contribution in [0.25, 0.3) is 21.9 Å². The molecule has 3 aromatic rings. The highest BCUT2D eigenvalue weighted by atomic mass is 19.1. The summed E-state index contributed by atoms with van der Waals surface area (Å²) < 4.78 is 13.3. The molecule has 1 aromatic heterocycles. The number of carboxylic acid groups (broad SMARTS) is 1. The summed E-state index contributed by atoms with van der Waals surface area (Å²) in [4.78, 5) is 14.6. The zero-order valence-electron chi connectivity index (χ0n) is 10.9. The van der Waals surface area contributed by atoms with Crippen LogP contribution in [-0.4, -0.2) is 16.2 Å². The Hall–Kier alpha value is -2.95. The number of anilines is 1. The lowest BCUT2D eigenvalue weighted by Crippen LogP contribution is -2.08. The number of fused-ring (bicyclic) bond motifs is 1. The predicted molar refractivity (Wildman–Crippen MR) is 78.8 cm³/mol. The summed E-state index contributed by atoms with van der Waals surface area (Å²) in [6, 6.07) is 13.6. The summed E-state index contributed by atoms with van der Waals surface area (Å²) in [5, 5.41) is 12.6. The van der Waals surface area contributed by atoms with Gasteiger partial charge < -0.3 is 5.11 Å². The van der Waals surface area contributed by atoms with E-state index in [9.17, 15) is 9.18 Å². The summed E-state index contributed by atoms with van der Waals surface area (Å²) in [5.74, 6) is -0.0137. The number of rotatable bonds is 2. The molecule has 21 heavy (non-hydrogen) atoms. The standard InChI is InChI=1S/C16H11FN2O2/c17-14-3-1-2-10(7-14)11-4-5-12-8-15(19-16(20)21)18-9-13(12)6-11/h1-9H,(H,18,19)(H,20,21). The molecule has 2 N–H and O–H groups in total. The second-order valence-electron chi connectivity index (χ2n) is 4.57. The number of nitrogens with one attached hydrogen (secondary N) is 1. The Balaban J connectivity index is 2.03. The normalized spacial score (nSPS) is 10.5. The maximum Gasteiger partial charge on any atom is 0.410 e. The molecule has 3 rings (SSSR count). The van der Waals surface area contributed by atoms with E-state index >= 15 is 0 Å². The van der Waals surface area contributed by atoms with Crippen molar-refractivity contribution >= 4 is 22.7 Å². The monoisotopic (exact) mass is 282 g/mol. The summed E-state index contributed by atoms with van der Waals surface area (Å²) in [6.07, 6.45) is 0.432. The number of benzene rings is 2. The van der Waals surface area contributed by atoms with Crippen LogP contribution in [0.15, 0.2) is 54.7 Å². The fraction of sp³-hybridized carbons (Fsp3) is 0. The highest BCUT2D eigenvalue weighted by molar-refractivity contribution is 5.90. The lowest BCUT2D eigenvalue weighted by atomic mass is 10.0. The van der Waals surface area contributed by atoms with Crippen LogP contribution in [0.1, 0.15) is 0 Å². The van der Waals surface area contributed by atoms with Gasteiger partial charge in [-0.1, -0.05) is 24.3 Å². The predicted octanol–water partition coefficient (Wildman–Crippen LogP) is 4.13. The topological polar surface area (TPSA) is 62.2 Å². The summed E-state index contributed by atoms with van der Waals surface area (Å²) in [5.41, 5.74) is 1.66. The fourth-order valence-electron chi connectivity index (χ4n) is 2.17. The SMILES string of the molecule is O=C(O)Nc1cc2ccc(-c3cccc(F)c3)cc2cn1. The van der Waals surface area contributed by atoms with Crippen LogP contribution in [0, 0.1) is 5.82 Å². The van der Waals surface area contributed by atoms with Gasteiger partial charge in [0.1, 0.15) is 11.6 Å². The lowest BCUT2D eigenvalue weighted by Gasteiger charge is -2.06. The first-order valence-electron chi connectivity index (χ1n) is 6.27. The Morgan fingerprint density at radius 2 is 1.86 bits per heavy atom. The van der Waals surface area contributed by atoms with E-state index in [0.29, 0.717) is 0 Å². The number of hydrogen-bond acceptors (Lipinski definition) is 2. The average molecular weight is 282 g/mol. The van der Waals surface area contributed by atoms with E-state index < -0.39 is 6.09 Å². The van der Waals surface area contributed by atoms with Gasteiger partial charge in [-0.2, -0.15) is 0 Å². The Kier molecular flexibility index (Phi) is 3.23. The molecule has 0 spiro atoms. The third-order valence-electron chi connectivity index (χ3n) is 3.11. The molecule has 0 aliphatic rings. The van der Waals surface area contributed by atoms with Crippen molar-refractivity contribution in [3.63, 3.8) is 0 Å². The molecule has 1 amide bonds. The molecule has 0 saturated heterocycles. The summed E-state index contributed by atoms with van der Waals surface area (Å²) in [7, 11) is 0. The van der Waals surface area contributed by atoms with Crippen molar-refractivity contribution in [2.45, 2.75) is 0 Å². The maximum absolute atomic E-state index is 13.3. The smallest absolute Gasteiger partial charge is 0.410 e. The van der Waals surface area contributed by atoms with E-state index in [0.717, 1.165) is 21.9 Å². The molecule has 0 aliphatic heterocycles. The van der Waals surface area contributed by atoms with Crippen molar-refractivity contribution in [3.8, 4) is 11.1 Å². The number of halogens is 1. The Labute approximate surface area is 119 Å². The Bertz CT molecular complexity index is 833. The van der Waals surface area contributed by atoms with Crippen molar-refractivity contribution in [2.24, 2.45) is 0 Å². The summed E-state index contributed by atoms with van der Waals surface area (Å²) in [6.45, 7) is 0. The van der Waals surface area contributed by atoms with Crippen molar-refractivity contribution in [1.82, 2.24) is 4.98 Å². The van der Waals surface area contributed by atoms with E-state index in [-0.39, 0.29) is 11.6 Å². The quantitative estimate of drug-likeness (QED) is 0.742. The minimum absolute atomic E-state index is 0.272. The zero-order chi connectivity index (χ0) is 14.8. The van der Waals surface area contributed by atoms with Gasteiger partial charge in [-0.3, -0.25) is 5.32 Å². The number of aromatic nitrogens is 1. The molecule has 104 valence electrons. The van der Waals surface area contributed by atoms with Gasteiger partial charge in [-0.15, -0.1) is 0 Å². The third kappa shape index (κ3) is 2.81. The van der Waals surface area contributed by atoms with Crippen LogP contribution in [0.4, 0.5) is 15.0 Å². The average Bonchev–Trinajstić information content (AvgIpc) is 2.46. The second kappa shape index (κ2) is 5.20. The van der Waals surface area contributed by atoms with E-state index in [4.69, 9.17) is 5.11 Å². The number of hydrogen-bond donors (Lipinski definition) is 2. The van der Waals surface area contributed by atoms with Crippen LogP contribution in [0.3, 0.4) is 0 Å². The van der Waals surface area contributed by atoms with E-state index in [1.807, 2.05) is 24.3 Å². The molecule has 4 nitrogen and oxygen atoms in total. The Morgan fingerprint density at radius 1 is 1.05 bits per heavy atom. The van der Waals surface area contributed by atoms with Crippen LogP contribution in [0.5, 0.6) is 0 Å². The van der Waals surface area contributed by atoms with Gasteiger partial charge in [0.25, 0.3) is 0 Å². The molecule has 0 fully saturated rings. The Morgan fingerprint density at radius 3 is 2.62 bits per heavy atom. The van der Waals surface area contributed by atoms with Gasteiger partial charge in [0.15, 0.2) is 0 Å². The van der Waals surface area contributed by atoms with Gasteiger partial charge in [0.05, 0.1) is 0 Å². The van der Waals surface area contributed by atoms with Crippen LogP contribution in [0.2, 0.25) is 0 Å². The number of carbonyl (C=O) groups is 1. The van der Waals surface area contributed by atoms with Gasteiger partial charge in [-0.25, -0.2) is 14.2 Å². The number of pyridine rings is 1.